The Labute approximate surface area is 252 Å². The number of halogens is 3. The Morgan fingerprint density at radius 2 is 1.82 bits per heavy atom. The first-order valence-corrected chi connectivity index (χ1v) is 13.3. The molecule has 1 saturated heterocycles. The number of fused-ring (bicyclic) bond motifs is 1. The molecule has 1 amide bonds. The number of pyridine rings is 1. The Kier molecular flexibility index (Phi) is 10.8. The van der Waals surface area contributed by atoms with Gasteiger partial charge in [0.05, 0.1) is 23.2 Å². The summed E-state index contributed by atoms with van der Waals surface area (Å²) >= 11 is 6.11. The summed E-state index contributed by atoms with van der Waals surface area (Å²) in [7, 11) is 0. The molecule has 0 spiro atoms. The summed E-state index contributed by atoms with van der Waals surface area (Å²) in [4.78, 5) is 25.9. The van der Waals surface area contributed by atoms with Crippen molar-refractivity contribution >= 4 is 59.0 Å². The number of nitrogens with zero attached hydrogens (tertiary/aromatic N) is 4. The van der Waals surface area contributed by atoms with E-state index in [4.69, 9.17) is 11.6 Å². The second kappa shape index (κ2) is 13.9. The number of rotatable bonds is 7. The van der Waals surface area contributed by atoms with Crippen molar-refractivity contribution in [2.24, 2.45) is 0 Å². The van der Waals surface area contributed by atoms with Crippen LogP contribution in [0.2, 0.25) is 5.02 Å². The number of nitriles is 1. The highest BCUT2D eigenvalue weighted by atomic mass is 35.5. The lowest BCUT2D eigenvalue weighted by Crippen LogP contribution is -2.51. The fourth-order valence-corrected chi connectivity index (χ4v) is 5.20. The highest BCUT2D eigenvalue weighted by Crippen LogP contribution is 2.37. The van der Waals surface area contributed by atoms with Gasteiger partial charge in [0.15, 0.2) is 0 Å². The average Bonchev–Trinajstić information content (AvgIpc) is 3.42. The predicted octanol–water partition coefficient (Wildman–Crippen LogP) is 6.03. The van der Waals surface area contributed by atoms with Crippen molar-refractivity contribution in [1.29, 1.82) is 5.26 Å². The number of anilines is 1. The summed E-state index contributed by atoms with van der Waals surface area (Å²) in [6.45, 7) is 7.39. The first kappa shape index (κ1) is 31.3. The van der Waals surface area contributed by atoms with Crippen LogP contribution in [0.15, 0.2) is 67.0 Å². The maximum atomic E-state index is 13.8. The lowest BCUT2D eigenvalue weighted by Gasteiger charge is -2.38. The van der Waals surface area contributed by atoms with Crippen LogP contribution < -0.4 is 10.2 Å². The molecule has 1 atom stereocenters. The number of hydrogen-bond donors (Lipinski definition) is 2. The smallest absolute Gasteiger partial charge is 0.231 e. The number of amides is 1. The number of nitrogens with one attached hydrogen (secondary N) is 2. The van der Waals surface area contributed by atoms with Crippen LogP contribution in [0.5, 0.6) is 0 Å². The molecule has 7 nitrogen and oxygen atoms in total. The van der Waals surface area contributed by atoms with Gasteiger partial charge in [-0.2, -0.15) is 5.26 Å². The number of piperazine rings is 1. The molecule has 0 radical (unpaired) electrons. The van der Waals surface area contributed by atoms with E-state index in [1.54, 1.807) is 6.07 Å². The number of carbonyl (C=O) groups is 1. The topological polar surface area (TPSA) is 88.1 Å². The third kappa shape index (κ3) is 6.71. The zero-order valence-corrected chi connectivity index (χ0v) is 24.8. The third-order valence-electron chi connectivity index (χ3n) is 7.07. The van der Waals surface area contributed by atoms with Crippen LogP contribution in [0.3, 0.4) is 0 Å². The van der Waals surface area contributed by atoms with Crippen molar-refractivity contribution in [3.63, 3.8) is 0 Å². The van der Waals surface area contributed by atoms with Gasteiger partial charge in [-0.3, -0.25) is 4.79 Å². The van der Waals surface area contributed by atoms with Crippen molar-refractivity contribution in [3.05, 3.63) is 83.1 Å². The number of hydrogen-bond acceptors (Lipinski definition) is 5. The largest absolute Gasteiger partial charge is 0.367 e. The van der Waals surface area contributed by atoms with Crippen LogP contribution in [0.1, 0.15) is 30.9 Å². The number of aromatic amines is 1. The van der Waals surface area contributed by atoms with E-state index < -0.39 is 0 Å². The summed E-state index contributed by atoms with van der Waals surface area (Å²) in [6.07, 6.45) is 3.77. The molecule has 5 rings (SSSR count). The quantitative estimate of drug-likeness (QED) is 0.271. The summed E-state index contributed by atoms with van der Waals surface area (Å²) in [6, 6.07) is 19.8. The molecule has 2 aromatic heterocycles. The van der Waals surface area contributed by atoms with Gasteiger partial charge in [-0.05, 0) is 41.5 Å². The van der Waals surface area contributed by atoms with Crippen LogP contribution >= 0.6 is 36.4 Å². The Bertz CT molecular complexity index is 1470. The van der Waals surface area contributed by atoms with Crippen LogP contribution in [0, 0.1) is 11.3 Å². The second-order valence-electron chi connectivity index (χ2n) is 9.93. The molecule has 0 aliphatic carbocycles. The van der Waals surface area contributed by atoms with E-state index in [1.165, 1.54) is 0 Å². The van der Waals surface area contributed by atoms with E-state index in [0.29, 0.717) is 43.3 Å². The van der Waals surface area contributed by atoms with E-state index in [9.17, 15) is 10.1 Å². The fourth-order valence-electron chi connectivity index (χ4n) is 5.07. The highest BCUT2D eigenvalue weighted by molar-refractivity contribution is 6.30. The van der Waals surface area contributed by atoms with Gasteiger partial charge in [0.1, 0.15) is 5.65 Å². The summed E-state index contributed by atoms with van der Waals surface area (Å²) in [5.74, 6) is -0.147. The Hall–Kier alpha value is -3.28. The molecule has 0 bridgehead atoms. The van der Waals surface area contributed by atoms with Crippen LogP contribution in [-0.4, -0.2) is 59.5 Å². The molecule has 1 unspecified atom stereocenters. The van der Waals surface area contributed by atoms with Gasteiger partial charge in [0, 0.05) is 67.1 Å². The molecule has 1 aliphatic heterocycles. The minimum Gasteiger partial charge on any atom is -0.367 e. The van der Waals surface area contributed by atoms with Crippen molar-refractivity contribution in [2.75, 3.05) is 37.6 Å². The van der Waals surface area contributed by atoms with Crippen molar-refractivity contribution in [1.82, 2.24) is 20.2 Å². The zero-order valence-electron chi connectivity index (χ0n) is 22.4. The van der Waals surface area contributed by atoms with Crippen LogP contribution in [0.4, 0.5) is 5.69 Å². The summed E-state index contributed by atoms with van der Waals surface area (Å²) in [5.41, 5.74) is 5.42. The molecular weight excluding hydrogens is 567 g/mol. The minimum absolute atomic E-state index is 0. The van der Waals surface area contributed by atoms with E-state index in [0.717, 1.165) is 33.4 Å². The molecular formula is C30H33Cl3N6O. The molecule has 210 valence electrons. The van der Waals surface area contributed by atoms with E-state index >= 15 is 0 Å². The van der Waals surface area contributed by atoms with Crippen LogP contribution in [0.25, 0.3) is 22.2 Å². The molecule has 40 heavy (non-hydrogen) atoms. The van der Waals surface area contributed by atoms with Crippen molar-refractivity contribution in [3.8, 4) is 17.2 Å². The molecule has 1 fully saturated rings. The molecule has 2 aromatic carbocycles. The molecule has 2 N–H and O–H groups in total. The molecule has 3 heterocycles. The Balaban J connectivity index is 0.00000220. The highest BCUT2D eigenvalue weighted by Gasteiger charge is 2.30. The number of benzene rings is 2. The third-order valence-corrected chi connectivity index (χ3v) is 7.32. The van der Waals surface area contributed by atoms with E-state index in [-0.39, 0.29) is 42.7 Å². The van der Waals surface area contributed by atoms with Crippen molar-refractivity contribution in [2.45, 2.75) is 25.8 Å². The normalized spacial score (nSPS) is 13.9. The number of carbonyl (C=O) groups excluding carboxylic acids is 1. The monoisotopic (exact) mass is 598 g/mol. The maximum absolute atomic E-state index is 13.8. The lowest BCUT2D eigenvalue weighted by atomic mass is 9.96. The van der Waals surface area contributed by atoms with E-state index in [1.807, 2.05) is 65.8 Å². The molecule has 0 saturated carbocycles. The minimum atomic E-state index is -0.275. The summed E-state index contributed by atoms with van der Waals surface area (Å²) in [5, 5.41) is 14.6. The van der Waals surface area contributed by atoms with Gasteiger partial charge in [-0.15, -0.1) is 24.8 Å². The van der Waals surface area contributed by atoms with E-state index in [2.05, 4.69) is 40.1 Å². The second-order valence-corrected chi connectivity index (χ2v) is 10.4. The van der Waals surface area contributed by atoms with Gasteiger partial charge < -0.3 is 20.1 Å². The fraction of sp³-hybridized carbons (Fsp3) is 0.300. The zero-order chi connectivity index (χ0) is 26.6. The van der Waals surface area contributed by atoms with Gasteiger partial charge in [-0.1, -0.05) is 49.7 Å². The van der Waals surface area contributed by atoms with Gasteiger partial charge in [0.2, 0.25) is 5.91 Å². The molecule has 4 aromatic rings. The van der Waals surface area contributed by atoms with Crippen molar-refractivity contribution < 1.29 is 4.79 Å². The Morgan fingerprint density at radius 3 is 2.50 bits per heavy atom. The predicted molar refractivity (Wildman–Crippen MR) is 167 cm³/mol. The molecule has 10 heteroatoms. The molecule has 1 aliphatic rings. The van der Waals surface area contributed by atoms with Gasteiger partial charge >= 0.3 is 0 Å². The van der Waals surface area contributed by atoms with Gasteiger partial charge in [0.25, 0.3) is 0 Å². The van der Waals surface area contributed by atoms with Gasteiger partial charge in [-0.25, -0.2) is 4.98 Å². The SMILES string of the molecule is CC(C)NCC(C(=O)N1CCN(c2c(-c3cccc(C#N)c3)cnc3[nH]ccc23)CC1)c1ccc(Cl)cc1.Cl.Cl. The first-order chi connectivity index (χ1) is 18.4. The van der Waals surface area contributed by atoms with Crippen LogP contribution in [-0.2, 0) is 4.79 Å². The lowest BCUT2D eigenvalue weighted by molar-refractivity contribution is -0.133. The number of aromatic nitrogens is 2. The number of H-pyrrole nitrogens is 1. The maximum Gasteiger partial charge on any atom is 0.231 e. The summed E-state index contributed by atoms with van der Waals surface area (Å²) < 4.78 is 0. The average molecular weight is 600 g/mol. The standard InChI is InChI=1S/C30H31ClN6O.2ClH/c1-20(2)34-19-27(22-6-8-24(31)9-7-22)30(38)37-14-12-36(13-15-37)28-25-10-11-33-29(25)35-18-26(28)23-5-3-4-21(16-23)17-32;;/h3-11,16,18,20,27,34H,12-15,19H2,1-2H3,(H,33,35);2*1H. The first-order valence-electron chi connectivity index (χ1n) is 12.9. The Morgan fingerprint density at radius 1 is 1.10 bits per heavy atom.